The predicted octanol–water partition coefficient (Wildman–Crippen LogP) is 11.5. The molecule has 10 rings (SSSR count). The number of nitrogens with zero attached hydrogens (tertiary/aromatic N) is 3. The van der Waals surface area contributed by atoms with Gasteiger partial charge in [0.1, 0.15) is 0 Å². The van der Waals surface area contributed by atoms with Crippen LogP contribution in [0.2, 0.25) is 0 Å². The molecule has 7 aromatic carbocycles. The summed E-state index contributed by atoms with van der Waals surface area (Å²) in [7, 11) is 0. The molecule has 3 heteroatoms. The fourth-order valence-corrected chi connectivity index (χ4v) is 8.79. The smallest absolute Gasteiger partial charge is 0.164 e. The summed E-state index contributed by atoms with van der Waals surface area (Å²) in [5.74, 6) is 1.98. The monoisotopic (exact) mass is 665 g/mol. The predicted molar refractivity (Wildman–Crippen MR) is 211 cm³/mol. The van der Waals surface area contributed by atoms with Gasteiger partial charge < -0.3 is 0 Å². The fourth-order valence-electron chi connectivity index (χ4n) is 8.79. The van der Waals surface area contributed by atoms with Gasteiger partial charge >= 0.3 is 0 Å². The highest BCUT2D eigenvalue weighted by atomic mass is 15.0. The third-order valence-corrected chi connectivity index (χ3v) is 11.2. The number of hydrogen-bond donors (Lipinski definition) is 0. The first-order valence-corrected chi connectivity index (χ1v) is 18.0. The molecule has 3 nitrogen and oxygen atoms in total. The number of benzene rings is 7. The van der Waals surface area contributed by atoms with Crippen LogP contribution in [0, 0.1) is 0 Å². The maximum absolute atomic E-state index is 4.95. The molecule has 0 fully saturated rings. The first-order chi connectivity index (χ1) is 25.5. The molecular weight excluding hydrogens is 631 g/mol. The second-order valence-corrected chi connectivity index (χ2v) is 14.4. The second-order valence-electron chi connectivity index (χ2n) is 14.4. The SMILES string of the molecule is CC1(C)c2ccccc2C2(c3ccccc3-c3cc(-c4ccc(-c5nc(-c6ccccc6)nc(-c6ccccc6)n5)cc4)ccc32)c2ccccc21. The zero-order valence-electron chi connectivity index (χ0n) is 29.1. The van der Waals surface area contributed by atoms with Crippen molar-refractivity contribution in [3.8, 4) is 56.4 Å². The summed E-state index contributed by atoms with van der Waals surface area (Å²) in [6.45, 7) is 4.74. The van der Waals surface area contributed by atoms with Crippen LogP contribution in [0.4, 0.5) is 0 Å². The molecule has 246 valence electrons. The largest absolute Gasteiger partial charge is 0.208 e. The minimum Gasteiger partial charge on any atom is -0.208 e. The highest BCUT2D eigenvalue weighted by Crippen LogP contribution is 2.62. The molecule has 0 saturated heterocycles. The minimum absolute atomic E-state index is 0.111. The van der Waals surface area contributed by atoms with Crippen LogP contribution in [0.1, 0.15) is 47.2 Å². The van der Waals surface area contributed by atoms with E-state index >= 15 is 0 Å². The van der Waals surface area contributed by atoms with E-state index in [-0.39, 0.29) is 10.8 Å². The van der Waals surface area contributed by atoms with Crippen molar-refractivity contribution in [1.29, 1.82) is 0 Å². The highest BCUT2D eigenvalue weighted by molar-refractivity contribution is 5.90. The van der Waals surface area contributed by atoms with Gasteiger partial charge in [-0.2, -0.15) is 0 Å². The number of hydrogen-bond acceptors (Lipinski definition) is 3. The summed E-state index contributed by atoms with van der Waals surface area (Å²) >= 11 is 0. The van der Waals surface area contributed by atoms with E-state index in [1.807, 2.05) is 60.7 Å². The van der Waals surface area contributed by atoms with Gasteiger partial charge in [-0.05, 0) is 61.7 Å². The molecule has 1 aromatic heterocycles. The van der Waals surface area contributed by atoms with E-state index in [9.17, 15) is 0 Å². The Balaban J connectivity index is 1.10. The van der Waals surface area contributed by atoms with E-state index in [1.54, 1.807) is 0 Å². The quantitative estimate of drug-likeness (QED) is 0.188. The Kier molecular flexibility index (Phi) is 6.74. The molecule has 0 N–H and O–H groups in total. The van der Waals surface area contributed by atoms with Gasteiger partial charge in [0.05, 0.1) is 5.41 Å². The molecule has 2 aliphatic rings. The van der Waals surface area contributed by atoms with Crippen molar-refractivity contribution in [3.63, 3.8) is 0 Å². The van der Waals surface area contributed by atoms with Gasteiger partial charge in [0.2, 0.25) is 0 Å². The normalized spacial score (nSPS) is 14.3. The van der Waals surface area contributed by atoms with E-state index in [4.69, 9.17) is 15.0 Å². The van der Waals surface area contributed by atoms with Crippen LogP contribution in [-0.4, -0.2) is 15.0 Å². The van der Waals surface area contributed by atoms with Crippen molar-refractivity contribution in [2.45, 2.75) is 24.7 Å². The van der Waals surface area contributed by atoms with E-state index in [1.165, 1.54) is 50.1 Å². The topological polar surface area (TPSA) is 38.7 Å². The van der Waals surface area contributed by atoms with E-state index in [0.29, 0.717) is 17.5 Å². The molecule has 0 bridgehead atoms. The van der Waals surface area contributed by atoms with Gasteiger partial charge in [0.15, 0.2) is 17.5 Å². The van der Waals surface area contributed by atoms with Gasteiger partial charge in [-0.3, -0.25) is 0 Å². The maximum atomic E-state index is 4.95. The minimum atomic E-state index is -0.386. The van der Waals surface area contributed by atoms with Gasteiger partial charge in [-0.15, -0.1) is 0 Å². The standard InChI is InChI=1S/C49H35N3/c1-48(2)41-21-11-13-23-43(41)49(44-24-14-12-22-42(44)48)39-20-10-9-19-37(39)38-31-36(29-30-40(38)49)32-25-27-35(28-26-32)47-51-45(33-15-5-3-6-16-33)50-46(52-47)34-17-7-4-8-18-34/h3-31H,1-2H3. The molecule has 0 atom stereocenters. The molecule has 52 heavy (non-hydrogen) atoms. The van der Waals surface area contributed by atoms with Crippen LogP contribution in [0.15, 0.2) is 176 Å². The van der Waals surface area contributed by atoms with Crippen LogP contribution >= 0.6 is 0 Å². The van der Waals surface area contributed by atoms with Crippen LogP contribution in [0.25, 0.3) is 56.4 Å². The zero-order valence-corrected chi connectivity index (χ0v) is 29.1. The van der Waals surface area contributed by atoms with E-state index in [2.05, 4.69) is 129 Å². The zero-order chi connectivity index (χ0) is 34.9. The number of aromatic nitrogens is 3. The van der Waals surface area contributed by atoms with Crippen molar-refractivity contribution in [3.05, 3.63) is 209 Å². The maximum Gasteiger partial charge on any atom is 0.164 e. The Morgan fingerprint density at radius 3 is 1.23 bits per heavy atom. The lowest BCUT2D eigenvalue weighted by atomic mass is 9.55. The van der Waals surface area contributed by atoms with Crippen molar-refractivity contribution in [2.24, 2.45) is 0 Å². The average Bonchev–Trinajstić information content (AvgIpc) is 3.51. The summed E-state index contributed by atoms with van der Waals surface area (Å²) in [6.07, 6.45) is 0. The van der Waals surface area contributed by atoms with Crippen LogP contribution in [0.5, 0.6) is 0 Å². The van der Waals surface area contributed by atoms with Crippen LogP contribution in [-0.2, 0) is 10.8 Å². The lowest BCUT2D eigenvalue weighted by Gasteiger charge is -2.46. The lowest BCUT2D eigenvalue weighted by Crippen LogP contribution is -2.40. The first kappa shape index (κ1) is 30.4. The molecule has 0 radical (unpaired) electrons. The Labute approximate surface area is 304 Å². The summed E-state index contributed by atoms with van der Waals surface area (Å²) in [5.41, 5.74) is 15.5. The summed E-state index contributed by atoms with van der Waals surface area (Å²) in [6, 6.07) is 63.2. The molecule has 0 unspecified atom stereocenters. The third-order valence-electron chi connectivity index (χ3n) is 11.2. The summed E-state index contributed by atoms with van der Waals surface area (Å²) < 4.78 is 0. The Hall–Kier alpha value is -6.45. The molecule has 8 aromatic rings. The van der Waals surface area contributed by atoms with Crippen LogP contribution < -0.4 is 0 Å². The average molecular weight is 666 g/mol. The molecule has 1 spiro atoms. The highest BCUT2D eigenvalue weighted by Gasteiger charge is 2.53. The molecule has 1 heterocycles. The lowest BCUT2D eigenvalue weighted by molar-refractivity contribution is 0.563. The summed E-state index contributed by atoms with van der Waals surface area (Å²) in [4.78, 5) is 14.8. The van der Waals surface area contributed by atoms with Crippen molar-refractivity contribution >= 4 is 0 Å². The third kappa shape index (κ3) is 4.42. The molecule has 0 saturated carbocycles. The van der Waals surface area contributed by atoms with Crippen molar-refractivity contribution in [1.82, 2.24) is 15.0 Å². The van der Waals surface area contributed by atoms with Gasteiger partial charge in [-0.1, -0.05) is 184 Å². The molecular formula is C49H35N3. The fraction of sp³-hybridized carbons (Fsp3) is 0.0816. The van der Waals surface area contributed by atoms with Crippen molar-refractivity contribution in [2.75, 3.05) is 0 Å². The Morgan fingerprint density at radius 2 is 0.692 bits per heavy atom. The Morgan fingerprint density at radius 1 is 0.308 bits per heavy atom. The second kappa shape index (κ2) is 11.5. The van der Waals surface area contributed by atoms with E-state index in [0.717, 1.165) is 22.3 Å². The molecule has 0 aliphatic heterocycles. The van der Waals surface area contributed by atoms with Crippen LogP contribution in [0.3, 0.4) is 0 Å². The van der Waals surface area contributed by atoms with Gasteiger partial charge in [0.25, 0.3) is 0 Å². The number of fused-ring (bicyclic) bond motifs is 9. The first-order valence-electron chi connectivity index (χ1n) is 18.0. The van der Waals surface area contributed by atoms with E-state index < -0.39 is 0 Å². The van der Waals surface area contributed by atoms with Crippen molar-refractivity contribution < 1.29 is 0 Å². The van der Waals surface area contributed by atoms with Gasteiger partial charge in [0, 0.05) is 22.1 Å². The summed E-state index contributed by atoms with van der Waals surface area (Å²) in [5, 5.41) is 0. The Bertz CT molecular complexity index is 2530. The molecule has 0 amide bonds. The number of rotatable bonds is 4. The molecule has 2 aliphatic carbocycles. The van der Waals surface area contributed by atoms with Gasteiger partial charge in [-0.25, -0.2) is 15.0 Å².